The Morgan fingerprint density at radius 1 is 1.00 bits per heavy atom. The molecule has 0 aromatic heterocycles. The van der Waals surface area contributed by atoms with Gasteiger partial charge in [-0.3, -0.25) is 9.69 Å². The highest BCUT2D eigenvalue weighted by atomic mass is 19.1. The van der Waals surface area contributed by atoms with Crippen LogP contribution in [0.5, 0.6) is 0 Å². The fourth-order valence-electron chi connectivity index (χ4n) is 2.34. The van der Waals surface area contributed by atoms with Gasteiger partial charge >= 0.3 is 0 Å². The molecule has 1 heterocycles. The van der Waals surface area contributed by atoms with Crippen molar-refractivity contribution in [3.05, 3.63) is 54.3 Å². The molecule has 1 aliphatic rings. The molecule has 0 fully saturated rings. The molecule has 1 amide bonds. The Labute approximate surface area is 110 Å². The van der Waals surface area contributed by atoms with E-state index < -0.39 is 0 Å². The number of benzene rings is 2. The number of para-hydroxylation sites is 2. The number of carbonyl (C=O) groups excluding carboxylic acids is 1. The molecule has 4 heteroatoms. The van der Waals surface area contributed by atoms with Crippen molar-refractivity contribution in [3.8, 4) is 0 Å². The number of likely N-dealkylation sites (N-methyl/N-ethyl adjacent to an activating group) is 1. The Kier molecular flexibility index (Phi) is 2.71. The molecule has 2 aromatic rings. The van der Waals surface area contributed by atoms with Gasteiger partial charge in [0.25, 0.3) is 5.91 Å². The van der Waals surface area contributed by atoms with Gasteiger partial charge in [-0.05, 0) is 36.4 Å². The summed E-state index contributed by atoms with van der Waals surface area (Å²) in [7, 11) is 1.89. The van der Waals surface area contributed by atoms with E-state index in [4.69, 9.17) is 0 Å². The highest BCUT2D eigenvalue weighted by molar-refractivity contribution is 6.08. The molecule has 0 radical (unpaired) electrons. The number of fused-ring (bicyclic) bond motifs is 1. The number of halogens is 1. The van der Waals surface area contributed by atoms with Gasteiger partial charge in [0.15, 0.2) is 0 Å². The molecule has 3 nitrogen and oxygen atoms in total. The van der Waals surface area contributed by atoms with Crippen LogP contribution in [0.3, 0.4) is 0 Å². The van der Waals surface area contributed by atoms with E-state index in [0.717, 1.165) is 11.4 Å². The third-order valence-electron chi connectivity index (χ3n) is 3.24. The van der Waals surface area contributed by atoms with Gasteiger partial charge in [-0.15, -0.1) is 0 Å². The van der Waals surface area contributed by atoms with Crippen LogP contribution < -0.4 is 9.80 Å². The van der Waals surface area contributed by atoms with Crippen LogP contribution in [0.15, 0.2) is 48.5 Å². The molecule has 0 spiro atoms. The van der Waals surface area contributed by atoms with E-state index in [2.05, 4.69) is 0 Å². The van der Waals surface area contributed by atoms with Gasteiger partial charge in [-0.1, -0.05) is 12.1 Å². The first-order valence-corrected chi connectivity index (χ1v) is 6.05. The van der Waals surface area contributed by atoms with Gasteiger partial charge in [0.05, 0.1) is 17.9 Å². The lowest BCUT2D eigenvalue weighted by Gasteiger charge is -2.35. The van der Waals surface area contributed by atoms with E-state index in [-0.39, 0.29) is 11.7 Å². The topological polar surface area (TPSA) is 23.6 Å². The number of nitrogens with zero attached hydrogens (tertiary/aromatic N) is 2. The van der Waals surface area contributed by atoms with Crippen LogP contribution in [-0.2, 0) is 4.79 Å². The maximum absolute atomic E-state index is 13.0. The number of rotatable bonds is 1. The van der Waals surface area contributed by atoms with Gasteiger partial charge in [0, 0.05) is 12.7 Å². The molecular formula is C15H13FN2O. The van der Waals surface area contributed by atoms with Gasteiger partial charge in [-0.2, -0.15) is 0 Å². The van der Waals surface area contributed by atoms with Crippen LogP contribution in [0.1, 0.15) is 0 Å². The smallest absolute Gasteiger partial charge is 0.251 e. The monoisotopic (exact) mass is 256 g/mol. The van der Waals surface area contributed by atoms with Crippen molar-refractivity contribution >= 4 is 23.0 Å². The molecular weight excluding hydrogens is 243 g/mol. The van der Waals surface area contributed by atoms with Gasteiger partial charge < -0.3 is 4.90 Å². The zero-order chi connectivity index (χ0) is 13.4. The van der Waals surface area contributed by atoms with Crippen molar-refractivity contribution in [1.29, 1.82) is 0 Å². The second kappa shape index (κ2) is 4.39. The van der Waals surface area contributed by atoms with Crippen molar-refractivity contribution in [2.24, 2.45) is 0 Å². The molecule has 19 heavy (non-hydrogen) atoms. The molecule has 0 atom stereocenters. The second-order valence-electron chi connectivity index (χ2n) is 4.55. The molecule has 0 unspecified atom stereocenters. The number of anilines is 3. The molecule has 0 saturated carbocycles. The lowest BCUT2D eigenvalue weighted by atomic mass is 10.1. The quantitative estimate of drug-likeness (QED) is 0.783. The zero-order valence-electron chi connectivity index (χ0n) is 10.5. The van der Waals surface area contributed by atoms with Crippen LogP contribution in [0.4, 0.5) is 21.5 Å². The lowest BCUT2D eigenvalue weighted by Crippen LogP contribution is -2.41. The normalized spacial score (nSPS) is 14.5. The van der Waals surface area contributed by atoms with E-state index in [1.807, 2.05) is 36.2 Å². The zero-order valence-corrected chi connectivity index (χ0v) is 10.5. The summed E-state index contributed by atoms with van der Waals surface area (Å²) in [6, 6.07) is 13.7. The standard InChI is InChI=1S/C15H13FN2O/c1-17-10-15(19)18(12-8-6-11(16)7-9-12)14-5-3-2-4-13(14)17/h2-9H,10H2,1H3. The first-order chi connectivity index (χ1) is 9.16. The Hall–Kier alpha value is -2.36. The van der Waals surface area contributed by atoms with E-state index in [1.54, 1.807) is 17.0 Å². The molecule has 3 rings (SSSR count). The Balaban J connectivity index is 2.12. The van der Waals surface area contributed by atoms with Crippen molar-refractivity contribution in [1.82, 2.24) is 0 Å². The first kappa shape index (κ1) is 11.7. The Morgan fingerprint density at radius 2 is 1.63 bits per heavy atom. The number of hydrogen-bond donors (Lipinski definition) is 0. The SMILES string of the molecule is CN1CC(=O)N(c2ccc(F)cc2)c2ccccc21. The summed E-state index contributed by atoms with van der Waals surface area (Å²) in [5, 5.41) is 0. The fourth-order valence-corrected chi connectivity index (χ4v) is 2.34. The molecule has 0 bridgehead atoms. The maximum atomic E-state index is 13.0. The number of hydrogen-bond acceptors (Lipinski definition) is 2. The van der Waals surface area contributed by atoms with Crippen LogP contribution >= 0.6 is 0 Å². The highest BCUT2D eigenvalue weighted by Gasteiger charge is 2.27. The van der Waals surface area contributed by atoms with Crippen LogP contribution in [0, 0.1) is 5.82 Å². The third kappa shape index (κ3) is 1.95. The van der Waals surface area contributed by atoms with Crippen LogP contribution in [0.25, 0.3) is 0 Å². The minimum absolute atomic E-state index is 0.0205. The highest BCUT2D eigenvalue weighted by Crippen LogP contribution is 2.37. The maximum Gasteiger partial charge on any atom is 0.251 e. The summed E-state index contributed by atoms with van der Waals surface area (Å²) in [5.41, 5.74) is 2.51. The van der Waals surface area contributed by atoms with Crippen molar-refractivity contribution in [3.63, 3.8) is 0 Å². The molecule has 0 saturated heterocycles. The number of carbonyl (C=O) groups is 1. The van der Waals surface area contributed by atoms with Gasteiger partial charge in [0.1, 0.15) is 5.82 Å². The molecule has 96 valence electrons. The van der Waals surface area contributed by atoms with E-state index in [0.29, 0.717) is 12.2 Å². The fraction of sp³-hybridized carbons (Fsp3) is 0.133. The second-order valence-corrected chi connectivity index (χ2v) is 4.55. The third-order valence-corrected chi connectivity index (χ3v) is 3.24. The van der Waals surface area contributed by atoms with E-state index in [1.165, 1.54) is 12.1 Å². The summed E-state index contributed by atoms with van der Waals surface area (Å²) in [5.74, 6) is -0.327. The van der Waals surface area contributed by atoms with E-state index >= 15 is 0 Å². The molecule has 1 aliphatic heterocycles. The minimum atomic E-state index is -0.307. The Morgan fingerprint density at radius 3 is 2.32 bits per heavy atom. The summed E-state index contributed by atoms with van der Waals surface area (Å²) in [6.07, 6.45) is 0. The van der Waals surface area contributed by atoms with Crippen molar-refractivity contribution in [2.75, 3.05) is 23.4 Å². The summed E-state index contributed by atoms with van der Waals surface area (Å²) in [6.45, 7) is 0.314. The van der Waals surface area contributed by atoms with Crippen molar-refractivity contribution in [2.45, 2.75) is 0 Å². The van der Waals surface area contributed by atoms with E-state index in [9.17, 15) is 9.18 Å². The predicted octanol–water partition coefficient (Wildman–Crippen LogP) is 2.94. The largest absolute Gasteiger partial charge is 0.364 e. The summed E-state index contributed by atoms with van der Waals surface area (Å²) >= 11 is 0. The first-order valence-electron chi connectivity index (χ1n) is 6.05. The van der Waals surface area contributed by atoms with Crippen LogP contribution in [0.2, 0.25) is 0 Å². The lowest BCUT2D eigenvalue weighted by molar-refractivity contribution is -0.116. The molecule has 0 N–H and O–H groups in total. The van der Waals surface area contributed by atoms with Crippen LogP contribution in [-0.4, -0.2) is 19.5 Å². The summed E-state index contributed by atoms with van der Waals surface area (Å²) in [4.78, 5) is 15.8. The minimum Gasteiger partial charge on any atom is -0.364 e. The predicted molar refractivity (Wildman–Crippen MR) is 73.3 cm³/mol. The average molecular weight is 256 g/mol. The number of amides is 1. The molecule has 2 aromatic carbocycles. The van der Waals surface area contributed by atoms with Gasteiger partial charge in [0.2, 0.25) is 0 Å². The Bertz CT molecular complexity index is 624. The molecule has 0 aliphatic carbocycles. The van der Waals surface area contributed by atoms with Crippen molar-refractivity contribution < 1.29 is 9.18 Å². The van der Waals surface area contributed by atoms with Gasteiger partial charge in [-0.25, -0.2) is 4.39 Å². The average Bonchev–Trinajstić information content (AvgIpc) is 2.41. The summed E-state index contributed by atoms with van der Waals surface area (Å²) < 4.78 is 13.0.